The van der Waals surface area contributed by atoms with E-state index in [0.29, 0.717) is 25.3 Å². The summed E-state index contributed by atoms with van der Waals surface area (Å²) in [5, 5.41) is 42.1. The molecule has 250 valence electrons. The monoisotopic (exact) mass is 632 g/mol. The summed E-state index contributed by atoms with van der Waals surface area (Å²) in [5.74, 6) is -1.46. The summed E-state index contributed by atoms with van der Waals surface area (Å²) in [6, 6.07) is 0.769. The van der Waals surface area contributed by atoms with Gasteiger partial charge in [-0.3, -0.25) is 30.3 Å². The first-order valence-corrected chi connectivity index (χ1v) is 13.8. The predicted octanol–water partition coefficient (Wildman–Crippen LogP) is 2.58. The standard InChI is InChI=1S/C20H44N4O4.C6H3N3O7/c1-21(2)19(25)27-17-15-23(5,6)13-11-9-10-12-14-24(7,8)16-18-28-20(26)22(3)4;10-6-4(8(13)14)1-3(7(11)12)2-5(6)9(15)16/h9-18H2,1-8H3;1-2,10H/q+2;/p-1. The number of likely N-dealkylation sites (N-methyl/N-ethyl adjacent to an activating group) is 2. The van der Waals surface area contributed by atoms with Crippen LogP contribution >= 0.6 is 0 Å². The number of rotatable bonds is 16. The fourth-order valence-electron chi connectivity index (χ4n) is 3.64. The van der Waals surface area contributed by atoms with E-state index in [0.717, 1.165) is 35.1 Å². The minimum atomic E-state index is -1.46. The highest BCUT2D eigenvalue weighted by atomic mass is 16.6. The smallest absolute Gasteiger partial charge is 0.409 e. The summed E-state index contributed by atoms with van der Waals surface area (Å²) < 4.78 is 12.2. The Morgan fingerprint density at radius 2 is 1.00 bits per heavy atom. The van der Waals surface area contributed by atoms with Crippen LogP contribution < -0.4 is 5.11 Å². The van der Waals surface area contributed by atoms with Gasteiger partial charge in [-0.1, -0.05) is 0 Å². The van der Waals surface area contributed by atoms with Crippen molar-refractivity contribution >= 4 is 29.2 Å². The molecule has 0 aliphatic rings. The molecule has 0 saturated carbocycles. The zero-order valence-corrected chi connectivity index (χ0v) is 26.8. The van der Waals surface area contributed by atoms with Crippen LogP contribution in [0, 0.1) is 30.3 Å². The lowest BCUT2D eigenvalue weighted by Crippen LogP contribution is -2.44. The molecule has 1 aromatic rings. The van der Waals surface area contributed by atoms with Crippen LogP contribution in [-0.4, -0.2) is 141 Å². The second kappa shape index (κ2) is 18.4. The van der Waals surface area contributed by atoms with Crippen molar-refractivity contribution in [3.8, 4) is 5.75 Å². The van der Waals surface area contributed by atoms with Crippen LogP contribution in [0.25, 0.3) is 0 Å². The molecule has 44 heavy (non-hydrogen) atoms. The molecule has 0 radical (unpaired) electrons. The van der Waals surface area contributed by atoms with Gasteiger partial charge in [0, 0.05) is 28.2 Å². The highest BCUT2D eigenvalue weighted by Crippen LogP contribution is 2.36. The molecule has 1 aromatic carbocycles. The Morgan fingerprint density at radius 1 is 0.659 bits per heavy atom. The third-order valence-corrected chi connectivity index (χ3v) is 6.49. The lowest BCUT2D eigenvalue weighted by molar-refractivity contribution is -0.891. The van der Waals surface area contributed by atoms with Gasteiger partial charge < -0.3 is 33.3 Å². The van der Waals surface area contributed by atoms with E-state index < -0.39 is 37.6 Å². The van der Waals surface area contributed by atoms with E-state index in [2.05, 4.69) is 28.2 Å². The van der Waals surface area contributed by atoms with Crippen LogP contribution in [0.4, 0.5) is 26.7 Å². The quantitative estimate of drug-likeness (QED) is 0.112. The number of ether oxygens (including phenoxy) is 2. The average Bonchev–Trinajstić information content (AvgIpc) is 2.90. The first kappa shape index (κ1) is 39.7. The Hall–Kier alpha value is -4.32. The number of hydrogen-bond donors (Lipinski definition) is 0. The molecule has 1 rings (SSSR count). The Kier molecular flexibility index (Phi) is 16.6. The Labute approximate surface area is 256 Å². The number of amides is 2. The first-order valence-electron chi connectivity index (χ1n) is 13.8. The van der Waals surface area contributed by atoms with Crippen molar-refractivity contribution in [2.24, 2.45) is 0 Å². The zero-order chi connectivity index (χ0) is 34.3. The second-order valence-electron chi connectivity index (χ2n) is 11.8. The minimum absolute atomic E-state index is 0.280. The number of non-ortho nitro benzene ring substituents is 1. The number of hydrogen-bond acceptors (Lipinski definition) is 11. The lowest BCUT2D eigenvalue weighted by atomic mass is 10.1. The highest BCUT2D eigenvalue weighted by molar-refractivity contribution is 5.67. The molecule has 0 atom stereocenters. The molecule has 18 nitrogen and oxygen atoms in total. The number of benzene rings is 1. The van der Waals surface area contributed by atoms with Crippen molar-refractivity contribution in [1.82, 2.24) is 9.80 Å². The van der Waals surface area contributed by atoms with E-state index in [1.807, 2.05) is 0 Å². The molecule has 0 N–H and O–H groups in total. The third-order valence-electron chi connectivity index (χ3n) is 6.49. The number of nitro benzene ring substituents is 3. The summed E-state index contributed by atoms with van der Waals surface area (Å²) in [7, 11) is 15.5. The molecule has 0 aromatic heterocycles. The van der Waals surface area contributed by atoms with Crippen molar-refractivity contribution in [1.29, 1.82) is 0 Å². The maximum absolute atomic E-state index is 11.4. The number of carbonyl (C=O) groups excluding carboxylic acids is 2. The van der Waals surface area contributed by atoms with E-state index in [1.165, 1.54) is 35.5 Å². The molecule has 0 unspecified atom stereocenters. The fraction of sp³-hybridized carbons (Fsp3) is 0.692. The number of nitrogens with zero attached hydrogens (tertiary/aromatic N) is 7. The van der Waals surface area contributed by atoms with Gasteiger partial charge in [0.05, 0.1) is 73.9 Å². The van der Waals surface area contributed by atoms with Crippen LogP contribution in [0.3, 0.4) is 0 Å². The Morgan fingerprint density at radius 3 is 1.27 bits per heavy atom. The van der Waals surface area contributed by atoms with Gasteiger partial charge in [-0.25, -0.2) is 9.59 Å². The topological polar surface area (TPSA) is 212 Å². The summed E-state index contributed by atoms with van der Waals surface area (Å²) in [6.07, 6.45) is 4.18. The van der Waals surface area contributed by atoms with E-state index in [4.69, 9.17) is 9.47 Å². The predicted molar refractivity (Wildman–Crippen MR) is 158 cm³/mol. The van der Waals surface area contributed by atoms with Gasteiger partial charge >= 0.3 is 12.2 Å². The number of unbranched alkanes of at least 4 members (excludes halogenated alkanes) is 3. The van der Waals surface area contributed by atoms with E-state index in [-0.39, 0.29) is 12.2 Å². The minimum Gasteiger partial charge on any atom is -0.863 e. The molecule has 0 bridgehead atoms. The maximum Gasteiger partial charge on any atom is 0.409 e. The lowest BCUT2D eigenvalue weighted by Gasteiger charge is -2.30. The van der Waals surface area contributed by atoms with Crippen LogP contribution in [0.5, 0.6) is 5.75 Å². The van der Waals surface area contributed by atoms with Gasteiger partial charge in [-0.2, -0.15) is 0 Å². The molecule has 0 heterocycles. The SMILES string of the molecule is CN(C)C(=O)OCC[N+](C)(C)CCCCCC[N+](C)(C)CCOC(=O)N(C)C.O=[N+]([O-])c1cc([N+](=O)[O-])c([O-])c([N+](=O)[O-])c1. The molecular formula is C26H46N7O11+. The molecule has 0 spiro atoms. The van der Waals surface area contributed by atoms with Crippen molar-refractivity contribution in [3.05, 3.63) is 42.5 Å². The molecule has 0 aliphatic heterocycles. The van der Waals surface area contributed by atoms with Crippen LogP contribution in [0.2, 0.25) is 0 Å². The summed E-state index contributed by atoms with van der Waals surface area (Å²) in [5.41, 5.74) is -3.26. The van der Waals surface area contributed by atoms with Gasteiger partial charge in [-0.05, 0) is 25.7 Å². The van der Waals surface area contributed by atoms with Gasteiger partial charge in [0.25, 0.3) is 17.1 Å². The Bertz CT molecular complexity index is 1060. The third kappa shape index (κ3) is 15.8. The van der Waals surface area contributed by atoms with Crippen LogP contribution in [0.1, 0.15) is 25.7 Å². The molecular weight excluding hydrogens is 586 g/mol. The molecule has 0 saturated heterocycles. The van der Waals surface area contributed by atoms with Gasteiger partial charge in [0.15, 0.2) is 0 Å². The second-order valence-corrected chi connectivity index (χ2v) is 11.8. The first-order chi connectivity index (χ1) is 20.2. The zero-order valence-electron chi connectivity index (χ0n) is 26.8. The summed E-state index contributed by atoms with van der Waals surface area (Å²) in [4.78, 5) is 53.3. The van der Waals surface area contributed by atoms with Crippen molar-refractivity contribution in [3.63, 3.8) is 0 Å². The molecule has 18 heteroatoms. The fourth-order valence-corrected chi connectivity index (χ4v) is 3.64. The molecule has 0 aliphatic carbocycles. The van der Waals surface area contributed by atoms with Crippen LogP contribution in [0.15, 0.2) is 12.1 Å². The van der Waals surface area contributed by atoms with E-state index >= 15 is 0 Å². The van der Waals surface area contributed by atoms with Crippen molar-refractivity contribution in [2.45, 2.75) is 25.7 Å². The largest absolute Gasteiger partial charge is 0.863 e. The average molecular weight is 633 g/mol. The van der Waals surface area contributed by atoms with Gasteiger partial charge in [0.1, 0.15) is 26.3 Å². The van der Waals surface area contributed by atoms with Crippen molar-refractivity contribution < 1.29 is 47.9 Å². The van der Waals surface area contributed by atoms with Crippen molar-refractivity contribution in [2.75, 3.05) is 95.8 Å². The maximum atomic E-state index is 11.4. The number of quaternary nitrogens is 2. The number of nitro groups is 3. The Balaban J connectivity index is 0.000000971. The highest BCUT2D eigenvalue weighted by Gasteiger charge is 2.24. The molecule has 0 fully saturated rings. The summed E-state index contributed by atoms with van der Waals surface area (Å²) >= 11 is 0. The normalized spacial score (nSPS) is 11.1. The summed E-state index contributed by atoms with van der Waals surface area (Å²) in [6.45, 7) is 4.73. The van der Waals surface area contributed by atoms with Gasteiger partial charge in [0.2, 0.25) is 0 Å². The number of carbonyl (C=O) groups is 2. The van der Waals surface area contributed by atoms with E-state index in [1.54, 1.807) is 28.2 Å². The van der Waals surface area contributed by atoms with Gasteiger partial charge in [-0.15, -0.1) is 0 Å². The molecule has 2 amide bonds. The van der Waals surface area contributed by atoms with E-state index in [9.17, 15) is 45.0 Å². The van der Waals surface area contributed by atoms with Crippen LogP contribution in [-0.2, 0) is 9.47 Å².